The molecule has 0 saturated carbocycles. The van der Waals surface area contributed by atoms with Gasteiger partial charge in [-0.2, -0.15) is 4.31 Å². The SMILES string of the molecule is CCN(CC)CCNC(=NC)N1CCN(S(=O)(=O)CCOC(C)C)CC1.I. The molecule has 0 bridgehead atoms. The Kier molecular flexibility index (Phi) is 13.8. The maximum Gasteiger partial charge on any atom is 0.216 e. The van der Waals surface area contributed by atoms with E-state index >= 15 is 0 Å². The van der Waals surface area contributed by atoms with Crippen molar-refractivity contribution in [2.24, 2.45) is 4.99 Å². The van der Waals surface area contributed by atoms with Crippen LogP contribution in [0, 0.1) is 0 Å². The molecule has 162 valence electrons. The van der Waals surface area contributed by atoms with Crippen LogP contribution in [0.2, 0.25) is 0 Å². The van der Waals surface area contributed by atoms with Gasteiger partial charge in [-0.15, -0.1) is 24.0 Å². The van der Waals surface area contributed by atoms with Crippen LogP contribution in [0.25, 0.3) is 0 Å². The molecule has 1 heterocycles. The molecule has 10 heteroatoms. The van der Waals surface area contributed by atoms with Crippen LogP contribution in [-0.4, -0.2) is 106 Å². The highest BCUT2D eigenvalue weighted by Gasteiger charge is 2.27. The first-order valence-corrected chi connectivity index (χ1v) is 11.2. The van der Waals surface area contributed by atoms with E-state index in [1.54, 1.807) is 11.4 Å². The van der Waals surface area contributed by atoms with Gasteiger partial charge in [-0.1, -0.05) is 13.8 Å². The summed E-state index contributed by atoms with van der Waals surface area (Å²) in [7, 11) is -1.49. The number of aliphatic imine (C=N–C) groups is 1. The fourth-order valence-corrected chi connectivity index (χ4v) is 4.18. The standard InChI is InChI=1S/C17H37N5O3S.HI/c1-6-20(7-2)9-8-19-17(18-5)21-10-12-22(13-11-21)26(23,24)15-14-25-16(3)4;/h16H,6-15H2,1-5H3,(H,18,19);1H. The van der Waals surface area contributed by atoms with Gasteiger partial charge >= 0.3 is 0 Å². The Morgan fingerprint density at radius 1 is 1.19 bits per heavy atom. The molecule has 0 aromatic carbocycles. The van der Waals surface area contributed by atoms with Gasteiger partial charge in [0, 0.05) is 46.3 Å². The van der Waals surface area contributed by atoms with Crippen molar-refractivity contribution in [1.82, 2.24) is 19.4 Å². The van der Waals surface area contributed by atoms with Crippen LogP contribution in [0.3, 0.4) is 0 Å². The minimum absolute atomic E-state index is 0. The maximum atomic E-state index is 12.4. The Bertz CT molecular complexity index is 519. The van der Waals surface area contributed by atoms with E-state index in [0.29, 0.717) is 26.2 Å². The summed E-state index contributed by atoms with van der Waals surface area (Å²) in [5, 5.41) is 3.38. The van der Waals surface area contributed by atoms with E-state index in [1.807, 2.05) is 13.8 Å². The quantitative estimate of drug-likeness (QED) is 0.263. The summed E-state index contributed by atoms with van der Waals surface area (Å²) >= 11 is 0. The van der Waals surface area contributed by atoms with Gasteiger partial charge in [-0.3, -0.25) is 4.99 Å². The number of piperazine rings is 1. The first-order valence-electron chi connectivity index (χ1n) is 9.61. The lowest BCUT2D eigenvalue weighted by Gasteiger charge is -2.36. The highest BCUT2D eigenvalue weighted by molar-refractivity contribution is 14.0. The van der Waals surface area contributed by atoms with Crippen LogP contribution >= 0.6 is 24.0 Å². The Hall–Kier alpha value is -0.170. The van der Waals surface area contributed by atoms with E-state index in [9.17, 15) is 8.42 Å². The van der Waals surface area contributed by atoms with Crippen LogP contribution in [-0.2, 0) is 14.8 Å². The number of hydrogen-bond acceptors (Lipinski definition) is 5. The largest absolute Gasteiger partial charge is 0.378 e. The third-order valence-electron chi connectivity index (χ3n) is 4.54. The van der Waals surface area contributed by atoms with E-state index in [0.717, 1.165) is 32.1 Å². The fourth-order valence-electron chi connectivity index (χ4n) is 2.89. The van der Waals surface area contributed by atoms with Gasteiger partial charge in [0.25, 0.3) is 0 Å². The molecule has 0 aromatic rings. The Labute approximate surface area is 182 Å². The average Bonchev–Trinajstić information content (AvgIpc) is 2.62. The lowest BCUT2D eigenvalue weighted by molar-refractivity contribution is 0.0904. The van der Waals surface area contributed by atoms with Crippen LogP contribution in [0.15, 0.2) is 4.99 Å². The van der Waals surface area contributed by atoms with E-state index in [2.05, 4.69) is 34.0 Å². The number of halogens is 1. The van der Waals surface area contributed by atoms with Crippen molar-refractivity contribution < 1.29 is 13.2 Å². The molecular formula is C17H38IN5O3S. The smallest absolute Gasteiger partial charge is 0.216 e. The second-order valence-corrected chi connectivity index (χ2v) is 8.71. The summed E-state index contributed by atoms with van der Waals surface area (Å²) in [6, 6.07) is 0. The van der Waals surface area contributed by atoms with Crippen molar-refractivity contribution in [3.63, 3.8) is 0 Å². The highest BCUT2D eigenvalue weighted by Crippen LogP contribution is 2.09. The minimum Gasteiger partial charge on any atom is -0.378 e. The van der Waals surface area contributed by atoms with Crippen molar-refractivity contribution in [3.8, 4) is 0 Å². The summed E-state index contributed by atoms with van der Waals surface area (Å²) < 4.78 is 31.7. The van der Waals surface area contributed by atoms with Crippen LogP contribution in [0.4, 0.5) is 0 Å². The second kappa shape index (κ2) is 13.9. The topological polar surface area (TPSA) is 77.5 Å². The summed E-state index contributed by atoms with van der Waals surface area (Å²) in [4.78, 5) is 8.82. The molecule has 0 spiro atoms. The van der Waals surface area contributed by atoms with Crippen molar-refractivity contribution >= 4 is 40.0 Å². The summed E-state index contributed by atoms with van der Waals surface area (Å²) in [6.45, 7) is 14.5. The first kappa shape index (κ1) is 26.8. The third-order valence-corrected chi connectivity index (χ3v) is 6.38. The number of ether oxygens (including phenoxy) is 1. The Morgan fingerprint density at radius 2 is 1.78 bits per heavy atom. The highest BCUT2D eigenvalue weighted by atomic mass is 127. The normalized spacial score (nSPS) is 16.7. The Balaban J connectivity index is 0.00000676. The Morgan fingerprint density at radius 3 is 2.26 bits per heavy atom. The summed E-state index contributed by atoms with van der Waals surface area (Å²) in [6.07, 6.45) is 0.0489. The van der Waals surface area contributed by atoms with Gasteiger partial charge in [0.1, 0.15) is 0 Å². The van der Waals surface area contributed by atoms with Crippen molar-refractivity contribution in [2.45, 2.75) is 33.8 Å². The minimum atomic E-state index is -3.26. The number of hydrogen-bond donors (Lipinski definition) is 1. The third kappa shape index (κ3) is 9.73. The van der Waals surface area contributed by atoms with E-state index in [-0.39, 0.29) is 42.4 Å². The molecule has 1 aliphatic rings. The van der Waals surface area contributed by atoms with Crippen molar-refractivity contribution in [1.29, 1.82) is 0 Å². The fraction of sp³-hybridized carbons (Fsp3) is 0.941. The molecule has 1 saturated heterocycles. The monoisotopic (exact) mass is 519 g/mol. The zero-order valence-corrected chi connectivity index (χ0v) is 20.6. The molecule has 1 rings (SSSR count). The van der Waals surface area contributed by atoms with E-state index in [1.165, 1.54) is 0 Å². The summed E-state index contributed by atoms with van der Waals surface area (Å²) in [5.74, 6) is 0.888. The van der Waals surface area contributed by atoms with E-state index in [4.69, 9.17) is 4.74 Å². The van der Waals surface area contributed by atoms with Crippen molar-refractivity contribution in [2.75, 3.05) is 71.8 Å². The molecule has 1 aliphatic heterocycles. The molecular weight excluding hydrogens is 481 g/mol. The van der Waals surface area contributed by atoms with Gasteiger partial charge in [0.05, 0.1) is 18.5 Å². The molecule has 8 nitrogen and oxygen atoms in total. The van der Waals surface area contributed by atoms with Gasteiger partial charge < -0.3 is 19.9 Å². The van der Waals surface area contributed by atoms with E-state index < -0.39 is 10.0 Å². The van der Waals surface area contributed by atoms with Gasteiger partial charge in [-0.25, -0.2) is 8.42 Å². The van der Waals surface area contributed by atoms with Crippen LogP contribution < -0.4 is 5.32 Å². The number of nitrogens with zero attached hydrogens (tertiary/aromatic N) is 4. The second-order valence-electron chi connectivity index (χ2n) is 6.62. The molecule has 1 N–H and O–H groups in total. The van der Waals surface area contributed by atoms with Gasteiger partial charge in [0.2, 0.25) is 10.0 Å². The number of rotatable bonds is 10. The zero-order valence-electron chi connectivity index (χ0n) is 17.5. The van der Waals surface area contributed by atoms with Gasteiger partial charge in [0.15, 0.2) is 5.96 Å². The summed E-state index contributed by atoms with van der Waals surface area (Å²) in [5.41, 5.74) is 0. The zero-order chi connectivity index (χ0) is 19.6. The number of likely N-dealkylation sites (N-methyl/N-ethyl adjacent to an activating group) is 1. The van der Waals surface area contributed by atoms with Gasteiger partial charge in [-0.05, 0) is 26.9 Å². The molecule has 0 amide bonds. The molecule has 27 heavy (non-hydrogen) atoms. The predicted octanol–water partition coefficient (Wildman–Crippen LogP) is 0.894. The molecule has 1 fully saturated rings. The molecule has 0 atom stereocenters. The van der Waals surface area contributed by atoms with Crippen LogP contribution in [0.1, 0.15) is 27.7 Å². The molecule has 0 unspecified atom stereocenters. The van der Waals surface area contributed by atoms with Crippen LogP contribution in [0.5, 0.6) is 0 Å². The maximum absolute atomic E-state index is 12.4. The first-order chi connectivity index (χ1) is 12.3. The average molecular weight is 519 g/mol. The number of sulfonamides is 1. The lowest BCUT2D eigenvalue weighted by atomic mass is 10.4. The molecule has 0 aromatic heterocycles. The van der Waals surface area contributed by atoms with Crippen molar-refractivity contribution in [3.05, 3.63) is 0 Å². The number of nitrogens with one attached hydrogen (secondary N) is 1. The number of guanidine groups is 1. The molecule has 0 aliphatic carbocycles. The lowest BCUT2D eigenvalue weighted by Crippen LogP contribution is -2.54. The molecule has 0 radical (unpaired) electrons. The predicted molar refractivity (Wildman–Crippen MR) is 123 cm³/mol.